The fourth-order valence-electron chi connectivity index (χ4n) is 1.97. The van der Waals surface area contributed by atoms with Crippen LogP contribution in [0.4, 0.5) is 0 Å². The van der Waals surface area contributed by atoms with Crippen LogP contribution >= 0.6 is 11.3 Å². The highest BCUT2D eigenvalue weighted by Gasteiger charge is 2.23. The Hall–Kier alpha value is -0.940. The molecular weight excluding hydrogens is 222 g/mol. The second-order valence-electron chi connectivity index (χ2n) is 4.18. The van der Waals surface area contributed by atoms with Crippen molar-refractivity contribution in [3.8, 4) is 0 Å². The molecule has 2 rings (SSSR count). The molecule has 5 heteroatoms. The Balaban J connectivity index is 1.88. The summed E-state index contributed by atoms with van der Waals surface area (Å²) in [5, 5.41) is 5.25. The molecule has 1 aromatic rings. The Morgan fingerprint density at radius 2 is 2.56 bits per heavy atom. The first-order chi connectivity index (χ1) is 7.77. The Morgan fingerprint density at radius 1 is 1.69 bits per heavy atom. The molecular formula is C11H17N3OS. The van der Waals surface area contributed by atoms with Gasteiger partial charge in [-0.3, -0.25) is 4.79 Å². The monoisotopic (exact) mass is 239 g/mol. The lowest BCUT2D eigenvalue weighted by molar-refractivity contribution is -0.133. The van der Waals surface area contributed by atoms with Gasteiger partial charge in [0, 0.05) is 12.4 Å². The van der Waals surface area contributed by atoms with E-state index >= 15 is 0 Å². The normalized spacial score (nSPS) is 20.7. The van der Waals surface area contributed by atoms with E-state index in [1.165, 1.54) is 6.42 Å². The minimum atomic E-state index is 0.0115. The molecule has 1 atom stereocenters. The molecule has 1 N–H and O–H groups in total. The van der Waals surface area contributed by atoms with Crippen LogP contribution in [0.1, 0.15) is 25.0 Å². The second-order valence-corrected chi connectivity index (χ2v) is 4.90. The van der Waals surface area contributed by atoms with Crippen molar-refractivity contribution in [1.82, 2.24) is 15.2 Å². The van der Waals surface area contributed by atoms with E-state index in [-0.39, 0.29) is 11.9 Å². The Labute approximate surface area is 99.7 Å². The van der Waals surface area contributed by atoms with Crippen molar-refractivity contribution in [2.45, 2.75) is 31.8 Å². The van der Waals surface area contributed by atoms with Crippen LogP contribution in [0.3, 0.4) is 0 Å². The summed E-state index contributed by atoms with van der Waals surface area (Å²) in [7, 11) is 1.85. The van der Waals surface area contributed by atoms with E-state index in [4.69, 9.17) is 0 Å². The summed E-state index contributed by atoms with van der Waals surface area (Å²) in [5.74, 6) is 0.188. The van der Waals surface area contributed by atoms with Crippen LogP contribution in [0.15, 0.2) is 10.9 Å². The Bertz CT molecular complexity index is 333. The van der Waals surface area contributed by atoms with Crippen molar-refractivity contribution in [2.24, 2.45) is 0 Å². The SMILES string of the molecule is CN(Cc1cscn1)C(=O)C1CCCCN1. The Kier molecular flexibility index (Phi) is 3.90. The second kappa shape index (κ2) is 5.41. The maximum absolute atomic E-state index is 12.1. The van der Waals surface area contributed by atoms with Crippen LogP contribution in [0.5, 0.6) is 0 Å². The number of carbonyl (C=O) groups is 1. The third-order valence-electron chi connectivity index (χ3n) is 2.87. The van der Waals surface area contributed by atoms with Gasteiger partial charge in [-0.2, -0.15) is 0 Å². The van der Waals surface area contributed by atoms with Gasteiger partial charge in [-0.05, 0) is 19.4 Å². The lowest BCUT2D eigenvalue weighted by Gasteiger charge is -2.27. The fourth-order valence-corrected chi connectivity index (χ4v) is 2.51. The molecule has 0 saturated carbocycles. The number of hydrogen-bond donors (Lipinski definition) is 1. The van der Waals surface area contributed by atoms with Crippen molar-refractivity contribution in [3.63, 3.8) is 0 Å². The summed E-state index contributed by atoms with van der Waals surface area (Å²) in [6.45, 7) is 1.57. The van der Waals surface area contributed by atoms with Gasteiger partial charge in [0.15, 0.2) is 0 Å². The molecule has 1 fully saturated rings. The van der Waals surface area contributed by atoms with E-state index in [9.17, 15) is 4.79 Å². The highest BCUT2D eigenvalue weighted by molar-refractivity contribution is 7.07. The van der Waals surface area contributed by atoms with Crippen molar-refractivity contribution < 1.29 is 4.79 Å². The smallest absolute Gasteiger partial charge is 0.239 e. The van der Waals surface area contributed by atoms with Crippen molar-refractivity contribution in [2.75, 3.05) is 13.6 Å². The molecule has 1 aromatic heterocycles. The summed E-state index contributed by atoms with van der Waals surface area (Å²) in [4.78, 5) is 18.0. The van der Waals surface area contributed by atoms with E-state index in [1.807, 2.05) is 12.4 Å². The van der Waals surface area contributed by atoms with E-state index in [2.05, 4.69) is 10.3 Å². The number of nitrogens with one attached hydrogen (secondary N) is 1. The molecule has 16 heavy (non-hydrogen) atoms. The van der Waals surface area contributed by atoms with E-state index in [0.29, 0.717) is 6.54 Å². The lowest BCUT2D eigenvalue weighted by atomic mass is 10.0. The zero-order valence-corrected chi connectivity index (χ0v) is 10.3. The van der Waals surface area contributed by atoms with Gasteiger partial charge in [-0.1, -0.05) is 6.42 Å². The fraction of sp³-hybridized carbons (Fsp3) is 0.636. The number of rotatable bonds is 3. The summed E-state index contributed by atoms with van der Waals surface area (Å²) < 4.78 is 0. The van der Waals surface area contributed by atoms with E-state index in [1.54, 1.807) is 21.7 Å². The van der Waals surface area contributed by atoms with Crippen LogP contribution in [0.25, 0.3) is 0 Å². The third-order valence-corrected chi connectivity index (χ3v) is 3.50. The van der Waals surface area contributed by atoms with Crippen molar-refractivity contribution >= 4 is 17.2 Å². The number of carbonyl (C=O) groups excluding carboxylic acids is 1. The molecule has 1 aliphatic heterocycles. The molecule has 1 unspecified atom stereocenters. The molecule has 0 aliphatic carbocycles. The van der Waals surface area contributed by atoms with E-state index < -0.39 is 0 Å². The number of piperidine rings is 1. The summed E-state index contributed by atoms with van der Waals surface area (Å²) in [5.41, 5.74) is 2.77. The average Bonchev–Trinajstić information content (AvgIpc) is 2.82. The molecule has 1 saturated heterocycles. The molecule has 2 heterocycles. The summed E-state index contributed by atoms with van der Waals surface area (Å²) >= 11 is 1.56. The maximum Gasteiger partial charge on any atom is 0.239 e. The zero-order valence-electron chi connectivity index (χ0n) is 9.48. The van der Waals surface area contributed by atoms with Crippen LogP contribution in [0.2, 0.25) is 0 Å². The van der Waals surface area contributed by atoms with Crippen molar-refractivity contribution in [3.05, 3.63) is 16.6 Å². The third kappa shape index (κ3) is 2.80. The molecule has 0 bridgehead atoms. The molecule has 0 aromatic carbocycles. The minimum Gasteiger partial charge on any atom is -0.338 e. The number of aromatic nitrogens is 1. The first kappa shape index (κ1) is 11.5. The van der Waals surface area contributed by atoms with Crippen molar-refractivity contribution in [1.29, 1.82) is 0 Å². The number of likely N-dealkylation sites (N-methyl/N-ethyl adjacent to an activating group) is 1. The standard InChI is InChI=1S/C11H17N3OS/c1-14(6-9-7-16-8-13-9)11(15)10-4-2-3-5-12-10/h7-8,10,12H,2-6H2,1H3. The molecule has 0 radical (unpaired) electrons. The van der Waals surface area contributed by atoms with Crippen LogP contribution in [0, 0.1) is 0 Å². The maximum atomic E-state index is 12.1. The molecule has 88 valence electrons. The van der Waals surface area contributed by atoms with Gasteiger partial charge in [0.2, 0.25) is 5.91 Å². The first-order valence-corrected chi connectivity index (χ1v) is 6.57. The van der Waals surface area contributed by atoms with Crippen LogP contribution in [-0.4, -0.2) is 35.4 Å². The molecule has 1 amide bonds. The van der Waals surface area contributed by atoms with Crippen LogP contribution < -0.4 is 5.32 Å². The van der Waals surface area contributed by atoms with Gasteiger partial charge >= 0.3 is 0 Å². The molecule has 4 nitrogen and oxygen atoms in total. The number of hydrogen-bond acceptors (Lipinski definition) is 4. The summed E-state index contributed by atoms with van der Waals surface area (Å²) in [6, 6.07) is 0.0115. The van der Waals surface area contributed by atoms with Gasteiger partial charge < -0.3 is 10.2 Å². The van der Waals surface area contributed by atoms with Crippen LogP contribution in [-0.2, 0) is 11.3 Å². The largest absolute Gasteiger partial charge is 0.338 e. The van der Waals surface area contributed by atoms with Gasteiger partial charge in [0.05, 0.1) is 23.8 Å². The van der Waals surface area contributed by atoms with Gasteiger partial charge in [0.25, 0.3) is 0 Å². The molecule has 0 spiro atoms. The quantitative estimate of drug-likeness (QED) is 0.863. The van der Waals surface area contributed by atoms with Gasteiger partial charge in [-0.25, -0.2) is 4.98 Å². The highest BCUT2D eigenvalue weighted by atomic mass is 32.1. The average molecular weight is 239 g/mol. The van der Waals surface area contributed by atoms with Gasteiger partial charge in [-0.15, -0.1) is 11.3 Å². The van der Waals surface area contributed by atoms with Gasteiger partial charge in [0.1, 0.15) is 0 Å². The lowest BCUT2D eigenvalue weighted by Crippen LogP contribution is -2.47. The number of thiazole rings is 1. The molecule has 1 aliphatic rings. The minimum absolute atomic E-state index is 0.0115. The Morgan fingerprint density at radius 3 is 3.19 bits per heavy atom. The topological polar surface area (TPSA) is 45.2 Å². The predicted octanol–water partition coefficient (Wildman–Crippen LogP) is 1.24. The number of nitrogens with zero attached hydrogens (tertiary/aromatic N) is 2. The zero-order chi connectivity index (χ0) is 11.4. The first-order valence-electron chi connectivity index (χ1n) is 5.63. The number of amides is 1. The van der Waals surface area contributed by atoms with E-state index in [0.717, 1.165) is 25.1 Å². The highest BCUT2D eigenvalue weighted by Crippen LogP contribution is 2.11. The predicted molar refractivity (Wildman–Crippen MR) is 64.2 cm³/mol. The summed E-state index contributed by atoms with van der Waals surface area (Å²) in [6.07, 6.45) is 3.29.